The van der Waals surface area contributed by atoms with Crippen LogP contribution in [0.15, 0.2) is 97.1 Å². The molecule has 6 rings (SSSR count). The Morgan fingerprint density at radius 3 is 1.36 bits per heavy atom. The molecule has 0 spiro atoms. The molecule has 0 unspecified atom stereocenters. The van der Waals surface area contributed by atoms with Crippen molar-refractivity contribution in [2.24, 2.45) is 0 Å². The van der Waals surface area contributed by atoms with Crippen molar-refractivity contribution in [3.05, 3.63) is 108 Å². The smallest absolute Gasteiger partial charge is 0.238 e. The van der Waals surface area contributed by atoms with Crippen molar-refractivity contribution < 1.29 is 0 Å². The van der Waals surface area contributed by atoms with Crippen molar-refractivity contribution in [1.82, 2.24) is 19.5 Å². The first-order chi connectivity index (χ1) is 21.7. The highest BCUT2D eigenvalue weighted by Gasteiger charge is 2.25. The molecule has 4 aromatic carbocycles. The van der Waals surface area contributed by atoms with Crippen molar-refractivity contribution in [2.75, 3.05) is 0 Å². The minimum absolute atomic E-state index is 0.0881. The average Bonchev–Trinajstić information content (AvgIpc) is 3.40. The molecule has 4 nitrogen and oxygen atoms in total. The van der Waals surface area contributed by atoms with E-state index in [-0.39, 0.29) is 10.8 Å². The first kappa shape index (κ1) is 30.7. The van der Waals surface area contributed by atoms with E-state index < -0.39 is 0 Å². The predicted octanol–water partition coefficient (Wildman–Crippen LogP) is 11.2. The molecule has 0 aliphatic heterocycles. The third kappa shape index (κ3) is 6.16. The monoisotopic (exact) mass is 594 g/mol. The minimum Gasteiger partial charge on any atom is -0.278 e. The Morgan fingerprint density at radius 1 is 0.533 bits per heavy atom. The molecule has 0 atom stereocenters. The summed E-state index contributed by atoms with van der Waals surface area (Å²) in [6.07, 6.45) is 7.17. The van der Waals surface area contributed by atoms with E-state index in [0.717, 1.165) is 35.0 Å². The maximum atomic E-state index is 5.14. The lowest BCUT2D eigenvalue weighted by molar-refractivity contribution is 0.458. The summed E-state index contributed by atoms with van der Waals surface area (Å²) in [6, 6.07) is 34.5. The van der Waals surface area contributed by atoms with E-state index >= 15 is 0 Å². The number of rotatable bonds is 11. The molecule has 0 fully saturated rings. The molecule has 0 aliphatic rings. The molecule has 0 aliphatic carbocycles. The first-order valence-electron chi connectivity index (χ1n) is 16.7. The zero-order chi connectivity index (χ0) is 31.6. The van der Waals surface area contributed by atoms with Gasteiger partial charge in [0, 0.05) is 21.9 Å². The lowest BCUT2D eigenvalue weighted by atomic mass is 9.79. The van der Waals surface area contributed by atoms with Gasteiger partial charge in [0.05, 0.1) is 11.0 Å². The van der Waals surface area contributed by atoms with Gasteiger partial charge in [0.15, 0.2) is 11.6 Å². The summed E-state index contributed by atoms with van der Waals surface area (Å²) in [5.41, 5.74) is 7.11. The molecule has 45 heavy (non-hydrogen) atoms. The van der Waals surface area contributed by atoms with Crippen LogP contribution < -0.4 is 0 Å². The van der Waals surface area contributed by atoms with Crippen LogP contribution in [0.3, 0.4) is 0 Å². The fourth-order valence-electron chi connectivity index (χ4n) is 6.50. The van der Waals surface area contributed by atoms with Gasteiger partial charge < -0.3 is 0 Å². The van der Waals surface area contributed by atoms with Gasteiger partial charge in [-0.25, -0.2) is 4.98 Å². The molecule has 0 saturated carbocycles. The Morgan fingerprint density at radius 2 is 0.956 bits per heavy atom. The van der Waals surface area contributed by atoms with Gasteiger partial charge in [0.1, 0.15) is 0 Å². The Kier molecular flexibility index (Phi) is 8.59. The summed E-state index contributed by atoms with van der Waals surface area (Å²) >= 11 is 0. The van der Waals surface area contributed by atoms with Crippen LogP contribution in [0.2, 0.25) is 0 Å². The van der Waals surface area contributed by atoms with Crippen LogP contribution in [0.4, 0.5) is 0 Å². The zero-order valence-corrected chi connectivity index (χ0v) is 27.8. The quantitative estimate of drug-likeness (QED) is 0.150. The minimum atomic E-state index is 0.0881. The Bertz CT molecular complexity index is 1780. The predicted molar refractivity (Wildman–Crippen MR) is 190 cm³/mol. The molecule has 0 N–H and O–H groups in total. The van der Waals surface area contributed by atoms with Crippen molar-refractivity contribution in [3.8, 4) is 28.7 Å². The third-order valence-electron chi connectivity index (χ3n) is 9.53. The Hall–Kier alpha value is -4.31. The van der Waals surface area contributed by atoms with Gasteiger partial charge in [0.25, 0.3) is 0 Å². The molecule has 230 valence electrons. The number of benzene rings is 4. The largest absolute Gasteiger partial charge is 0.278 e. The van der Waals surface area contributed by atoms with Gasteiger partial charge in [-0.15, -0.1) is 0 Å². The van der Waals surface area contributed by atoms with Crippen LogP contribution in [0, 0.1) is 0 Å². The Balaban J connectivity index is 1.63. The van der Waals surface area contributed by atoms with E-state index in [9.17, 15) is 0 Å². The second-order valence-corrected chi connectivity index (χ2v) is 13.8. The van der Waals surface area contributed by atoms with Crippen molar-refractivity contribution in [2.45, 2.75) is 90.9 Å². The normalized spacial score (nSPS) is 12.3. The van der Waals surface area contributed by atoms with Crippen LogP contribution in [-0.2, 0) is 10.8 Å². The molecular weight excluding hydrogens is 548 g/mol. The van der Waals surface area contributed by atoms with Crippen LogP contribution in [0.25, 0.3) is 50.5 Å². The summed E-state index contributed by atoms with van der Waals surface area (Å²) in [7, 11) is 0. The standard InChI is InChI=1S/C41H46N4/c1-7-9-25-40(3,4)31-21-23-35-33(27-31)34-28-32(41(5,6)26-10-8-2)22-24-36(34)45(35)39-43-37(29-17-13-11-14-18-29)42-38(44-39)30-19-15-12-16-20-30/h11-24,27-28H,7-10,25-26H2,1-6H3. The second-order valence-electron chi connectivity index (χ2n) is 13.8. The van der Waals surface area contributed by atoms with Crippen LogP contribution >= 0.6 is 0 Å². The highest BCUT2D eigenvalue weighted by atomic mass is 15.2. The summed E-state index contributed by atoms with van der Waals surface area (Å²) in [6.45, 7) is 14.1. The average molecular weight is 595 g/mol. The highest BCUT2D eigenvalue weighted by molar-refractivity contribution is 6.09. The van der Waals surface area contributed by atoms with Crippen molar-refractivity contribution in [3.63, 3.8) is 0 Å². The molecule has 2 aromatic heterocycles. The van der Waals surface area contributed by atoms with E-state index in [1.54, 1.807) is 0 Å². The Labute approximate surface area is 268 Å². The van der Waals surface area contributed by atoms with Gasteiger partial charge in [-0.1, -0.05) is 140 Å². The number of aromatic nitrogens is 4. The SMILES string of the molecule is CCCCC(C)(C)c1ccc2c(c1)c1cc(C(C)(C)CCCC)ccc1n2-c1nc(-c2ccccc2)nc(-c2ccccc2)n1. The summed E-state index contributed by atoms with van der Waals surface area (Å²) in [5.74, 6) is 1.98. The number of hydrogen-bond acceptors (Lipinski definition) is 3. The van der Waals surface area contributed by atoms with Gasteiger partial charge in [-0.3, -0.25) is 4.57 Å². The maximum absolute atomic E-state index is 5.14. The molecule has 0 saturated heterocycles. The maximum Gasteiger partial charge on any atom is 0.238 e. The van der Waals surface area contributed by atoms with E-state index in [1.807, 2.05) is 36.4 Å². The molecule has 0 radical (unpaired) electrons. The summed E-state index contributed by atoms with van der Waals surface area (Å²) < 4.78 is 2.25. The zero-order valence-electron chi connectivity index (χ0n) is 27.8. The van der Waals surface area contributed by atoms with E-state index in [0.29, 0.717) is 17.6 Å². The van der Waals surface area contributed by atoms with E-state index in [4.69, 9.17) is 15.0 Å². The van der Waals surface area contributed by atoms with E-state index in [1.165, 1.54) is 47.6 Å². The van der Waals surface area contributed by atoms with Crippen molar-refractivity contribution in [1.29, 1.82) is 0 Å². The number of unbranched alkanes of at least 4 members (excludes halogenated alkanes) is 2. The summed E-state index contributed by atoms with van der Waals surface area (Å²) in [5, 5.41) is 2.51. The molecule has 0 bridgehead atoms. The second kappa shape index (κ2) is 12.6. The molecule has 4 heteroatoms. The fraction of sp³-hybridized carbons (Fsp3) is 0.341. The number of fused-ring (bicyclic) bond motifs is 3. The van der Waals surface area contributed by atoms with Crippen LogP contribution in [0.5, 0.6) is 0 Å². The fourth-order valence-corrected chi connectivity index (χ4v) is 6.50. The van der Waals surface area contributed by atoms with Gasteiger partial charge in [-0.05, 0) is 59.1 Å². The lowest BCUT2D eigenvalue weighted by Crippen LogP contribution is -2.17. The molecule has 6 aromatic rings. The first-order valence-corrected chi connectivity index (χ1v) is 16.7. The molecular formula is C41H46N4. The van der Waals surface area contributed by atoms with Gasteiger partial charge in [0.2, 0.25) is 5.95 Å². The highest BCUT2D eigenvalue weighted by Crippen LogP contribution is 2.39. The van der Waals surface area contributed by atoms with Crippen molar-refractivity contribution >= 4 is 21.8 Å². The van der Waals surface area contributed by atoms with Crippen LogP contribution in [-0.4, -0.2) is 19.5 Å². The van der Waals surface area contributed by atoms with E-state index in [2.05, 4.69) is 107 Å². The lowest BCUT2D eigenvalue weighted by Gasteiger charge is -2.26. The topological polar surface area (TPSA) is 43.6 Å². The summed E-state index contributed by atoms with van der Waals surface area (Å²) in [4.78, 5) is 15.2. The van der Waals surface area contributed by atoms with Gasteiger partial charge >= 0.3 is 0 Å². The van der Waals surface area contributed by atoms with Crippen LogP contribution in [0.1, 0.15) is 91.2 Å². The third-order valence-corrected chi connectivity index (χ3v) is 9.53. The van der Waals surface area contributed by atoms with Gasteiger partial charge in [-0.2, -0.15) is 9.97 Å². The molecule has 2 heterocycles. The number of hydrogen-bond donors (Lipinski definition) is 0. The molecule has 0 amide bonds. The number of nitrogens with zero attached hydrogens (tertiary/aromatic N) is 4.